The Balaban J connectivity index is 1.37. The number of nitrogens with two attached hydrogens (primary N) is 1. The van der Waals surface area contributed by atoms with Crippen LogP contribution in [-0.2, 0) is 68.5 Å². The van der Waals surface area contributed by atoms with Gasteiger partial charge in [0.05, 0.1) is 58.3 Å². The summed E-state index contributed by atoms with van der Waals surface area (Å²) in [5, 5.41) is 44.7. The smallest absolute Gasteiger partial charge is 0.326 e. The van der Waals surface area contributed by atoms with Gasteiger partial charge in [0.2, 0.25) is 35.4 Å². The molecule has 0 aliphatic heterocycles. The van der Waals surface area contributed by atoms with Crippen molar-refractivity contribution >= 4 is 76.0 Å². The first-order valence-corrected chi connectivity index (χ1v) is 32.5. The number of aromatic hydroxyl groups is 1. The maximum atomic E-state index is 13.0. The molecular formula is C61H103IN8O16. The average Bonchev–Trinajstić information content (AvgIpc) is 3.66. The first-order chi connectivity index (χ1) is 41.6. The van der Waals surface area contributed by atoms with Crippen molar-refractivity contribution in [2.75, 3.05) is 85.6 Å². The van der Waals surface area contributed by atoms with Crippen molar-refractivity contribution in [1.82, 2.24) is 35.4 Å². The van der Waals surface area contributed by atoms with E-state index in [1.807, 2.05) is 22.9 Å². The van der Waals surface area contributed by atoms with Gasteiger partial charge in [-0.15, -0.1) is 0 Å². The molecule has 0 bridgehead atoms. The molecule has 24 nitrogen and oxygen atoms in total. The number of carbonyl (C=O) groups excluding carboxylic acids is 7. The highest BCUT2D eigenvalue weighted by Gasteiger charge is 2.30. The van der Waals surface area contributed by atoms with Gasteiger partial charge in [-0.3, -0.25) is 47.2 Å². The van der Waals surface area contributed by atoms with Crippen molar-refractivity contribution in [3.63, 3.8) is 0 Å². The number of carbonyl (C=O) groups is 9. The first-order valence-electron chi connectivity index (χ1n) is 31.4. The Morgan fingerprint density at radius 3 is 1.52 bits per heavy atom. The number of ether oxygens (including phenoxy) is 4. The van der Waals surface area contributed by atoms with Gasteiger partial charge in [-0.2, -0.15) is 0 Å². The fourth-order valence-electron chi connectivity index (χ4n) is 9.79. The summed E-state index contributed by atoms with van der Waals surface area (Å²) in [6.45, 7) is 2.08. The molecule has 12 N–H and O–H groups in total. The predicted molar refractivity (Wildman–Crippen MR) is 333 cm³/mol. The predicted octanol–water partition coefficient (Wildman–Crippen LogP) is 5.22. The molecule has 1 aromatic carbocycles. The highest BCUT2D eigenvalue weighted by atomic mass is 127. The van der Waals surface area contributed by atoms with Gasteiger partial charge in [-0.05, 0) is 94.2 Å². The summed E-state index contributed by atoms with van der Waals surface area (Å²) in [7, 11) is 0. The first kappa shape index (κ1) is 77.0. The van der Waals surface area contributed by atoms with Gasteiger partial charge < -0.3 is 66.6 Å². The molecule has 1 aliphatic carbocycles. The van der Waals surface area contributed by atoms with Crippen LogP contribution in [0.15, 0.2) is 24.3 Å². The molecule has 1 fully saturated rings. The second-order valence-corrected chi connectivity index (χ2v) is 22.8. The minimum absolute atomic E-state index is 0.0555. The Bertz CT molecular complexity index is 2070. The van der Waals surface area contributed by atoms with Gasteiger partial charge in [0.1, 0.15) is 25.0 Å². The summed E-state index contributed by atoms with van der Waals surface area (Å²) in [5.74, 6) is -3.86. The van der Waals surface area contributed by atoms with Crippen molar-refractivity contribution in [3.05, 3.63) is 29.8 Å². The number of phenolic OH excluding ortho intramolecular Hbond substituents is 1. The number of Topliss-reactive ketones (excluding diaryl/α,β-unsaturated/α-hetero) is 1. The lowest BCUT2D eigenvalue weighted by Gasteiger charge is -2.28. The standard InChI is InChI=1S/C61H103IN8O16/c62-70-50(53(72)43-67-52(59(63)79)41-46-24-28-49(71)29-25-46)19-17-18-32-64-56(75)44-85-39-38-84-36-34-66-57(76)45-86-40-37-83-35-33-65-55(74)31-30-51(61(81)82)69-60(80)48-26-22-47(23-27-48)42-68-54(73)20-15-13-11-9-7-5-3-1-2-4-6-8-10-12-14-16-21-58(77)78/h24-25,28-29,47-48,50-52,67,70-71H,1-23,26-27,30-45H2,(H2,63,79)(H,64,75)(H,65,74)(H,66,76)(H,68,73)(H,69,80)(H,77,78)(H,81,82)/t47?,48?,50-,51?,52-/m0/s1. The third-order valence-corrected chi connectivity index (χ3v) is 15.7. The van der Waals surface area contributed by atoms with Crippen LogP contribution in [0.25, 0.3) is 0 Å². The molecule has 3 atom stereocenters. The van der Waals surface area contributed by atoms with E-state index in [2.05, 4.69) is 35.4 Å². The van der Waals surface area contributed by atoms with Crippen LogP contribution in [0.3, 0.4) is 0 Å². The van der Waals surface area contributed by atoms with Crippen LogP contribution in [-0.4, -0.2) is 172 Å². The lowest BCUT2D eigenvalue weighted by Crippen LogP contribution is -2.47. The number of hydrogen-bond donors (Lipinski definition) is 11. The maximum Gasteiger partial charge on any atom is 0.326 e. The largest absolute Gasteiger partial charge is 0.508 e. The third kappa shape index (κ3) is 41.9. The number of nitrogens with one attached hydrogen (secondary N) is 7. The molecule has 0 radical (unpaired) electrons. The van der Waals surface area contributed by atoms with E-state index in [0.717, 1.165) is 56.9 Å². The Kier molecular flexibility index (Phi) is 45.6. The Hall–Kier alpha value is -5.06. The van der Waals surface area contributed by atoms with Gasteiger partial charge in [-0.1, -0.05) is 102 Å². The van der Waals surface area contributed by atoms with Gasteiger partial charge in [0.25, 0.3) is 0 Å². The summed E-state index contributed by atoms with van der Waals surface area (Å²) >= 11 is 1.92. The minimum atomic E-state index is -1.21. The Labute approximate surface area is 523 Å². The monoisotopic (exact) mass is 1330 g/mol. The number of aliphatic carboxylic acids is 2. The van der Waals surface area contributed by atoms with E-state index in [9.17, 15) is 53.4 Å². The minimum Gasteiger partial charge on any atom is -0.508 e. The second kappa shape index (κ2) is 50.9. The van der Waals surface area contributed by atoms with E-state index in [1.165, 1.54) is 76.3 Å². The normalized spacial score (nSPS) is 15.0. The highest BCUT2D eigenvalue weighted by molar-refractivity contribution is 14.1. The third-order valence-electron chi connectivity index (χ3n) is 15.0. The van der Waals surface area contributed by atoms with Crippen LogP contribution < -0.4 is 41.2 Å². The summed E-state index contributed by atoms with van der Waals surface area (Å²) in [6, 6.07) is 3.98. The zero-order valence-electron chi connectivity index (χ0n) is 50.8. The quantitative estimate of drug-likeness (QED) is 0.0226. The number of primary amides is 1. The van der Waals surface area contributed by atoms with Crippen LogP contribution in [0, 0.1) is 11.8 Å². The molecule has 6 amide bonds. The van der Waals surface area contributed by atoms with E-state index < -0.39 is 36.0 Å². The number of carboxylic acids is 2. The van der Waals surface area contributed by atoms with E-state index >= 15 is 0 Å². The summed E-state index contributed by atoms with van der Waals surface area (Å²) in [6.07, 6.45) is 24.1. The molecule has 1 saturated carbocycles. The number of amides is 6. The number of benzene rings is 1. The fourth-order valence-corrected chi connectivity index (χ4v) is 10.4. The maximum absolute atomic E-state index is 13.0. The van der Waals surface area contributed by atoms with Crippen LogP contribution >= 0.6 is 22.9 Å². The lowest BCUT2D eigenvalue weighted by atomic mass is 9.81. The Morgan fingerprint density at radius 1 is 0.523 bits per heavy atom. The van der Waals surface area contributed by atoms with E-state index in [-0.39, 0.29) is 151 Å². The zero-order valence-corrected chi connectivity index (χ0v) is 52.9. The van der Waals surface area contributed by atoms with E-state index in [4.69, 9.17) is 29.8 Å². The fraction of sp³-hybridized carbons (Fsp3) is 0.754. The molecule has 25 heteroatoms. The number of unbranched alkanes of at least 4 members (excludes halogenated alkanes) is 16. The lowest BCUT2D eigenvalue weighted by molar-refractivity contribution is -0.143. The number of rotatable bonds is 56. The molecule has 2 rings (SSSR count). The second-order valence-electron chi connectivity index (χ2n) is 22.2. The topological polar surface area (TPSA) is 361 Å². The van der Waals surface area contributed by atoms with Crippen LogP contribution in [0.4, 0.5) is 0 Å². The van der Waals surface area contributed by atoms with Gasteiger partial charge in [0, 0.05) is 74.2 Å². The zero-order chi connectivity index (χ0) is 62.8. The SMILES string of the molecule is NC(=O)[C@H](Cc1ccc(O)cc1)NCC(=O)[C@H](CCCCNC(=O)COCCOCCNC(=O)COCCOCCNC(=O)CCC(NC(=O)C1CCC(CNC(=O)CCCCCCCCCCCCCCCCCCC(=O)O)CC1)C(=O)O)NI. The summed E-state index contributed by atoms with van der Waals surface area (Å²) < 4.78 is 24.5. The highest BCUT2D eigenvalue weighted by Crippen LogP contribution is 2.29. The molecule has 1 aliphatic rings. The number of ketones is 1. The van der Waals surface area contributed by atoms with Gasteiger partial charge in [-0.25, -0.2) is 4.79 Å². The van der Waals surface area contributed by atoms with Crippen molar-refractivity contribution in [2.45, 2.75) is 198 Å². The van der Waals surface area contributed by atoms with Crippen molar-refractivity contribution < 1.29 is 77.4 Å². The molecular weight excluding hydrogens is 1230 g/mol. The van der Waals surface area contributed by atoms with Crippen molar-refractivity contribution in [1.29, 1.82) is 0 Å². The Morgan fingerprint density at radius 2 is 1.01 bits per heavy atom. The molecule has 1 aromatic rings. The number of halogens is 1. The molecule has 1 unspecified atom stereocenters. The van der Waals surface area contributed by atoms with E-state index in [0.29, 0.717) is 51.6 Å². The molecule has 490 valence electrons. The number of hydrogen-bond acceptors (Lipinski definition) is 16. The van der Waals surface area contributed by atoms with E-state index in [1.54, 1.807) is 12.1 Å². The van der Waals surface area contributed by atoms with Crippen LogP contribution in [0.1, 0.15) is 179 Å². The molecule has 0 saturated heterocycles. The van der Waals surface area contributed by atoms with Gasteiger partial charge >= 0.3 is 11.9 Å². The molecule has 0 aromatic heterocycles. The summed E-state index contributed by atoms with van der Waals surface area (Å²) in [4.78, 5) is 109. The number of phenols is 1. The van der Waals surface area contributed by atoms with Crippen LogP contribution in [0.5, 0.6) is 5.75 Å². The molecule has 0 heterocycles. The average molecular weight is 1330 g/mol. The molecule has 86 heavy (non-hydrogen) atoms. The van der Waals surface area contributed by atoms with Crippen molar-refractivity contribution in [3.8, 4) is 5.75 Å². The number of carboxylic acid groups (broad SMARTS) is 2. The van der Waals surface area contributed by atoms with Gasteiger partial charge in [0.15, 0.2) is 5.78 Å². The van der Waals surface area contributed by atoms with Crippen LogP contribution in [0.2, 0.25) is 0 Å². The van der Waals surface area contributed by atoms with Crippen molar-refractivity contribution in [2.24, 2.45) is 17.6 Å². The molecule has 0 spiro atoms. The summed E-state index contributed by atoms with van der Waals surface area (Å²) in [5.41, 5.74) is 6.31.